The molecular formula is C9H10BrF2NO. The van der Waals surface area contributed by atoms with Crippen molar-refractivity contribution in [2.24, 2.45) is 0 Å². The van der Waals surface area contributed by atoms with Gasteiger partial charge in [0, 0.05) is 4.47 Å². The van der Waals surface area contributed by atoms with Gasteiger partial charge in [0.2, 0.25) is 0 Å². The van der Waals surface area contributed by atoms with E-state index in [0.29, 0.717) is 11.4 Å². The number of ether oxygens (including phenoxy) is 1. The number of nitrogen functional groups attached to an aromatic ring is 1. The molecule has 14 heavy (non-hydrogen) atoms. The molecule has 2 nitrogen and oxygen atoms in total. The molecule has 0 atom stereocenters. The highest BCUT2D eigenvalue weighted by Crippen LogP contribution is 2.30. The number of hydrogen-bond donors (Lipinski definition) is 1. The zero-order valence-electron chi connectivity index (χ0n) is 7.56. The van der Waals surface area contributed by atoms with Crippen molar-refractivity contribution in [3.63, 3.8) is 0 Å². The first kappa shape index (κ1) is 11.2. The summed E-state index contributed by atoms with van der Waals surface area (Å²) < 4.78 is 29.5. The number of alkyl halides is 2. The van der Waals surface area contributed by atoms with E-state index >= 15 is 0 Å². The standard InChI is InChI=1S/C9H10BrF2NO/c1-5-2-6(10)3-7(13)9(5)14-4-8(11)12/h2-3,8H,4,13H2,1H3. The molecule has 1 rings (SSSR count). The molecule has 0 heterocycles. The minimum atomic E-state index is -2.49. The van der Waals surface area contributed by atoms with Gasteiger partial charge in [0.25, 0.3) is 6.43 Å². The summed E-state index contributed by atoms with van der Waals surface area (Å²) in [5, 5.41) is 0. The third-order valence-electron chi connectivity index (χ3n) is 1.62. The average molecular weight is 266 g/mol. The van der Waals surface area contributed by atoms with Gasteiger partial charge in [-0.3, -0.25) is 0 Å². The Morgan fingerprint density at radius 2 is 2.14 bits per heavy atom. The lowest BCUT2D eigenvalue weighted by atomic mass is 10.2. The molecule has 1 aromatic rings. The molecule has 2 N–H and O–H groups in total. The van der Waals surface area contributed by atoms with E-state index in [4.69, 9.17) is 10.5 Å². The second-order valence-electron chi connectivity index (χ2n) is 2.84. The smallest absolute Gasteiger partial charge is 0.272 e. The number of benzene rings is 1. The lowest BCUT2D eigenvalue weighted by molar-refractivity contribution is 0.0819. The summed E-state index contributed by atoms with van der Waals surface area (Å²) in [7, 11) is 0. The zero-order chi connectivity index (χ0) is 10.7. The van der Waals surface area contributed by atoms with Gasteiger partial charge in [-0.1, -0.05) is 15.9 Å². The molecule has 0 saturated heterocycles. The molecule has 0 amide bonds. The van der Waals surface area contributed by atoms with Gasteiger partial charge in [-0.15, -0.1) is 0 Å². The van der Waals surface area contributed by atoms with Crippen LogP contribution in [0.1, 0.15) is 5.56 Å². The van der Waals surface area contributed by atoms with Crippen LogP contribution in [-0.4, -0.2) is 13.0 Å². The monoisotopic (exact) mass is 265 g/mol. The van der Waals surface area contributed by atoms with E-state index < -0.39 is 13.0 Å². The van der Waals surface area contributed by atoms with Crippen LogP contribution in [0.3, 0.4) is 0 Å². The van der Waals surface area contributed by atoms with Crippen molar-refractivity contribution in [2.45, 2.75) is 13.3 Å². The van der Waals surface area contributed by atoms with E-state index in [-0.39, 0.29) is 0 Å². The summed E-state index contributed by atoms with van der Waals surface area (Å²) in [6, 6.07) is 3.38. The van der Waals surface area contributed by atoms with Crippen molar-refractivity contribution in [1.29, 1.82) is 0 Å². The Balaban J connectivity index is 2.86. The van der Waals surface area contributed by atoms with Crippen molar-refractivity contribution < 1.29 is 13.5 Å². The zero-order valence-corrected chi connectivity index (χ0v) is 9.14. The quantitative estimate of drug-likeness (QED) is 0.853. The number of nitrogens with two attached hydrogens (primary N) is 1. The van der Waals surface area contributed by atoms with Crippen molar-refractivity contribution in [1.82, 2.24) is 0 Å². The fraction of sp³-hybridized carbons (Fsp3) is 0.333. The van der Waals surface area contributed by atoms with E-state index in [9.17, 15) is 8.78 Å². The molecule has 0 aliphatic carbocycles. The Morgan fingerprint density at radius 3 is 2.64 bits per heavy atom. The highest BCUT2D eigenvalue weighted by molar-refractivity contribution is 9.10. The normalized spacial score (nSPS) is 10.6. The van der Waals surface area contributed by atoms with Crippen LogP contribution in [0.2, 0.25) is 0 Å². The first-order chi connectivity index (χ1) is 6.50. The maximum Gasteiger partial charge on any atom is 0.272 e. The maximum atomic E-state index is 11.9. The van der Waals surface area contributed by atoms with Gasteiger partial charge in [-0.05, 0) is 24.6 Å². The van der Waals surface area contributed by atoms with Crippen LogP contribution in [0, 0.1) is 6.92 Å². The summed E-state index contributed by atoms with van der Waals surface area (Å²) >= 11 is 3.24. The van der Waals surface area contributed by atoms with Crippen LogP contribution in [0.5, 0.6) is 5.75 Å². The molecule has 0 spiro atoms. The lowest BCUT2D eigenvalue weighted by Crippen LogP contribution is -2.09. The Labute approximate surface area is 89.2 Å². The molecule has 5 heteroatoms. The van der Waals surface area contributed by atoms with Gasteiger partial charge in [0.15, 0.2) is 0 Å². The second kappa shape index (κ2) is 4.59. The number of anilines is 1. The van der Waals surface area contributed by atoms with Crippen LogP contribution < -0.4 is 10.5 Å². The fourth-order valence-electron chi connectivity index (χ4n) is 1.10. The third-order valence-corrected chi connectivity index (χ3v) is 2.08. The molecule has 0 bridgehead atoms. The predicted molar refractivity (Wildman–Crippen MR) is 54.8 cm³/mol. The highest BCUT2D eigenvalue weighted by atomic mass is 79.9. The molecule has 0 aromatic heterocycles. The second-order valence-corrected chi connectivity index (χ2v) is 3.76. The topological polar surface area (TPSA) is 35.2 Å². The van der Waals surface area contributed by atoms with Gasteiger partial charge in [-0.25, -0.2) is 8.78 Å². The minimum absolute atomic E-state index is 0.327. The van der Waals surface area contributed by atoms with Crippen LogP contribution in [0.25, 0.3) is 0 Å². The van der Waals surface area contributed by atoms with E-state index in [0.717, 1.165) is 10.0 Å². The molecule has 0 aliphatic rings. The molecule has 0 radical (unpaired) electrons. The lowest BCUT2D eigenvalue weighted by Gasteiger charge is -2.11. The summed E-state index contributed by atoms with van der Waals surface area (Å²) in [4.78, 5) is 0. The summed E-state index contributed by atoms with van der Waals surface area (Å²) in [6.07, 6.45) is -2.49. The predicted octanol–water partition coefficient (Wildman–Crippen LogP) is 2.98. The number of aryl methyl sites for hydroxylation is 1. The Hall–Kier alpha value is -0.840. The number of hydrogen-bond acceptors (Lipinski definition) is 2. The molecule has 78 valence electrons. The average Bonchev–Trinajstić information content (AvgIpc) is 2.01. The first-order valence-corrected chi connectivity index (χ1v) is 4.76. The Kier molecular flexibility index (Phi) is 3.69. The summed E-state index contributed by atoms with van der Waals surface area (Å²) in [5.41, 5.74) is 6.70. The number of rotatable bonds is 3. The maximum absolute atomic E-state index is 11.9. The van der Waals surface area contributed by atoms with Gasteiger partial charge in [-0.2, -0.15) is 0 Å². The molecule has 1 aromatic carbocycles. The van der Waals surface area contributed by atoms with Crippen LogP contribution in [0.4, 0.5) is 14.5 Å². The van der Waals surface area contributed by atoms with Gasteiger partial charge >= 0.3 is 0 Å². The minimum Gasteiger partial charge on any atom is -0.485 e. The van der Waals surface area contributed by atoms with E-state index in [1.807, 2.05) is 0 Å². The van der Waals surface area contributed by atoms with Gasteiger partial charge in [0.1, 0.15) is 12.4 Å². The van der Waals surface area contributed by atoms with Gasteiger partial charge < -0.3 is 10.5 Å². The SMILES string of the molecule is Cc1cc(Br)cc(N)c1OCC(F)F. The molecular weight excluding hydrogens is 256 g/mol. The van der Waals surface area contributed by atoms with Crippen molar-refractivity contribution in [3.8, 4) is 5.75 Å². The van der Waals surface area contributed by atoms with Gasteiger partial charge in [0.05, 0.1) is 5.69 Å². The molecule has 0 saturated carbocycles. The fourth-order valence-corrected chi connectivity index (χ4v) is 1.69. The Bertz CT molecular complexity index is 308. The molecule has 0 unspecified atom stereocenters. The third kappa shape index (κ3) is 2.83. The van der Waals surface area contributed by atoms with Crippen LogP contribution >= 0.6 is 15.9 Å². The van der Waals surface area contributed by atoms with Crippen LogP contribution in [0.15, 0.2) is 16.6 Å². The first-order valence-electron chi connectivity index (χ1n) is 3.97. The van der Waals surface area contributed by atoms with E-state index in [2.05, 4.69) is 15.9 Å². The highest BCUT2D eigenvalue weighted by Gasteiger charge is 2.09. The largest absolute Gasteiger partial charge is 0.485 e. The molecule has 0 fully saturated rings. The van der Waals surface area contributed by atoms with E-state index in [1.165, 1.54) is 0 Å². The van der Waals surface area contributed by atoms with E-state index in [1.54, 1.807) is 19.1 Å². The molecule has 0 aliphatic heterocycles. The summed E-state index contributed by atoms with van der Waals surface area (Å²) in [6.45, 7) is 1.12. The van der Waals surface area contributed by atoms with Crippen molar-refractivity contribution in [3.05, 3.63) is 22.2 Å². The van der Waals surface area contributed by atoms with Crippen LogP contribution in [-0.2, 0) is 0 Å². The Morgan fingerprint density at radius 1 is 1.50 bits per heavy atom. The summed E-state index contributed by atoms with van der Waals surface area (Å²) in [5.74, 6) is 0.327. The van der Waals surface area contributed by atoms with Crippen molar-refractivity contribution in [2.75, 3.05) is 12.3 Å². The van der Waals surface area contributed by atoms with Crippen molar-refractivity contribution >= 4 is 21.6 Å². The number of halogens is 3.